The number of benzene rings is 1. The molecule has 1 aromatic heterocycles. The van der Waals surface area contributed by atoms with Crippen LogP contribution in [0.15, 0.2) is 28.1 Å². The summed E-state index contributed by atoms with van der Waals surface area (Å²) in [7, 11) is 3.18. The van der Waals surface area contributed by atoms with Gasteiger partial charge in [-0.15, -0.1) is 11.3 Å². The minimum absolute atomic E-state index is 0.425. The van der Waals surface area contributed by atoms with Gasteiger partial charge in [0.25, 0.3) is 0 Å². The van der Waals surface area contributed by atoms with Gasteiger partial charge in [-0.1, -0.05) is 17.7 Å². The van der Waals surface area contributed by atoms with Crippen molar-refractivity contribution in [3.05, 3.63) is 38.8 Å². The van der Waals surface area contributed by atoms with Crippen LogP contribution < -0.4 is 0 Å². The highest BCUT2D eigenvalue weighted by Crippen LogP contribution is 2.32. The Kier molecular flexibility index (Phi) is 4.75. The predicted molar refractivity (Wildman–Crippen MR) is 77.0 cm³/mol. The third kappa shape index (κ3) is 2.92. The molecular weight excluding hydrogens is 338 g/mol. The summed E-state index contributed by atoms with van der Waals surface area (Å²) in [6, 6.07) is 5.72. The van der Waals surface area contributed by atoms with Gasteiger partial charge in [0.2, 0.25) is 6.29 Å². The molecular formula is C12H11BrClNO2S. The zero-order valence-electron chi connectivity index (χ0n) is 9.81. The van der Waals surface area contributed by atoms with E-state index in [2.05, 4.69) is 20.9 Å². The second kappa shape index (κ2) is 6.12. The summed E-state index contributed by atoms with van der Waals surface area (Å²) in [6.45, 7) is 0. The van der Waals surface area contributed by atoms with Gasteiger partial charge < -0.3 is 9.47 Å². The van der Waals surface area contributed by atoms with Crippen molar-refractivity contribution in [3.63, 3.8) is 0 Å². The minimum Gasteiger partial charge on any atom is -0.350 e. The molecule has 0 atom stereocenters. The molecule has 1 heterocycles. The van der Waals surface area contributed by atoms with E-state index in [1.54, 1.807) is 25.6 Å². The molecule has 0 saturated carbocycles. The number of hydrogen-bond acceptors (Lipinski definition) is 4. The van der Waals surface area contributed by atoms with Gasteiger partial charge in [-0.25, -0.2) is 4.98 Å². The Morgan fingerprint density at radius 2 is 2.06 bits per heavy atom. The molecule has 0 radical (unpaired) electrons. The Bertz CT molecular complexity index is 543. The monoisotopic (exact) mass is 347 g/mol. The van der Waals surface area contributed by atoms with E-state index in [1.807, 2.05) is 23.6 Å². The zero-order chi connectivity index (χ0) is 13.1. The number of hydrogen-bond donors (Lipinski definition) is 0. The van der Waals surface area contributed by atoms with Gasteiger partial charge in [-0.05, 0) is 28.1 Å². The highest BCUT2D eigenvalue weighted by Gasteiger charge is 2.14. The molecule has 0 fully saturated rings. The lowest BCUT2D eigenvalue weighted by molar-refractivity contribution is -0.108. The summed E-state index contributed by atoms with van der Waals surface area (Å²) < 4.78 is 11.2. The van der Waals surface area contributed by atoms with Crippen molar-refractivity contribution in [2.24, 2.45) is 0 Å². The summed E-state index contributed by atoms with van der Waals surface area (Å²) in [5, 5.41) is 3.51. The summed E-state index contributed by atoms with van der Waals surface area (Å²) in [5.74, 6) is 0. The van der Waals surface area contributed by atoms with Crippen LogP contribution in [0.5, 0.6) is 0 Å². The summed E-state index contributed by atoms with van der Waals surface area (Å²) >= 11 is 10.9. The number of ether oxygens (including phenoxy) is 2. The molecule has 0 N–H and O–H groups in total. The molecule has 0 aliphatic rings. The van der Waals surface area contributed by atoms with Crippen molar-refractivity contribution in [3.8, 4) is 10.6 Å². The molecule has 0 unspecified atom stereocenters. The maximum atomic E-state index is 5.96. The molecule has 2 rings (SSSR count). The Balaban J connectivity index is 2.31. The van der Waals surface area contributed by atoms with Crippen molar-refractivity contribution in [2.45, 2.75) is 6.29 Å². The smallest absolute Gasteiger partial charge is 0.201 e. The molecule has 0 amide bonds. The second-order valence-corrected chi connectivity index (χ2v) is 5.63. The fourth-order valence-corrected chi connectivity index (χ4v) is 2.81. The van der Waals surface area contributed by atoms with Crippen molar-refractivity contribution < 1.29 is 9.47 Å². The first-order valence-corrected chi connectivity index (χ1v) is 7.17. The van der Waals surface area contributed by atoms with Crippen LogP contribution in [0.4, 0.5) is 0 Å². The number of methoxy groups -OCH3 is 2. The molecule has 1 aromatic carbocycles. The lowest BCUT2D eigenvalue weighted by Gasteiger charge is -2.09. The molecule has 6 heteroatoms. The average Bonchev–Trinajstić information content (AvgIpc) is 2.84. The third-order valence-electron chi connectivity index (χ3n) is 2.36. The number of rotatable bonds is 4. The Morgan fingerprint density at radius 1 is 1.33 bits per heavy atom. The zero-order valence-corrected chi connectivity index (χ0v) is 13.0. The first-order chi connectivity index (χ1) is 8.65. The molecule has 0 aliphatic heterocycles. The summed E-state index contributed by atoms with van der Waals surface area (Å²) in [5.41, 5.74) is 1.78. The van der Waals surface area contributed by atoms with Gasteiger partial charge in [-0.2, -0.15) is 0 Å². The van der Waals surface area contributed by atoms with E-state index < -0.39 is 6.29 Å². The maximum Gasteiger partial charge on any atom is 0.201 e. The maximum absolute atomic E-state index is 5.96. The molecule has 2 aromatic rings. The van der Waals surface area contributed by atoms with Gasteiger partial charge in [0.1, 0.15) is 10.7 Å². The molecule has 0 spiro atoms. The van der Waals surface area contributed by atoms with Crippen molar-refractivity contribution >= 4 is 38.9 Å². The Morgan fingerprint density at radius 3 is 2.67 bits per heavy atom. The summed E-state index contributed by atoms with van der Waals surface area (Å²) in [4.78, 5) is 4.50. The number of halogens is 2. The SMILES string of the molecule is COC(OC)c1csc(-c2ccc(Cl)c(Br)c2)n1. The van der Waals surface area contributed by atoms with Crippen molar-refractivity contribution in [1.82, 2.24) is 4.98 Å². The quantitative estimate of drug-likeness (QED) is 0.761. The lowest BCUT2D eigenvalue weighted by Crippen LogP contribution is -2.03. The number of nitrogens with zero attached hydrogens (tertiary/aromatic N) is 1. The predicted octanol–water partition coefficient (Wildman–Crippen LogP) is 4.52. The highest BCUT2D eigenvalue weighted by atomic mass is 79.9. The number of aromatic nitrogens is 1. The Hall–Kier alpha value is -0.460. The topological polar surface area (TPSA) is 31.4 Å². The van der Waals surface area contributed by atoms with Gasteiger partial charge in [-0.3, -0.25) is 0 Å². The molecule has 3 nitrogen and oxygen atoms in total. The van der Waals surface area contributed by atoms with E-state index in [0.717, 1.165) is 20.7 Å². The Labute approximate surface area is 123 Å². The van der Waals surface area contributed by atoms with E-state index >= 15 is 0 Å². The second-order valence-electron chi connectivity index (χ2n) is 3.51. The standard InChI is InChI=1S/C12H11BrClNO2S/c1-16-12(17-2)10-6-18-11(15-10)7-3-4-9(14)8(13)5-7/h3-6,12H,1-2H3. The third-order valence-corrected chi connectivity index (χ3v) is 4.48. The molecule has 0 aliphatic carbocycles. The van der Waals surface area contributed by atoms with E-state index in [0.29, 0.717) is 5.02 Å². The van der Waals surface area contributed by atoms with Gasteiger partial charge in [0.15, 0.2) is 0 Å². The van der Waals surface area contributed by atoms with Crippen LogP contribution in [0.3, 0.4) is 0 Å². The van der Waals surface area contributed by atoms with E-state index in [9.17, 15) is 0 Å². The van der Waals surface area contributed by atoms with E-state index in [-0.39, 0.29) is 0 Å². The van der Waals surface area contributed by atoms with Gasteiger partial charge >= 0.3 is 0 Å². The first kappa shape index (κ1) is 14.0. The molecule has 0 bridgehead atoms. The fraction of sp³-hybridized carbons (Fsp3) is 0.250. The lowest BCUT2D eigenvalue weighted by atomic mass is 10.2. The van der Waals surface area contributed by atoms with Crippen LogP contribution in [0.25, 0.3) is 10.6 Å². The molecule has 0 saturated heterocycles. The fourth-order valence-electron chi connectivity index (χ4n) is 1.49. The largest absolute Gasteiger partial charge is 0.350 e. The van der Waals surface area contributed by atoms with Gasteiger partial charge in [0, 0.05) is 29.6 Å². The van der Waals surface area contributed by atoms with Crippen LogP contribution in [-0.4, -0.2) is 19.2 Å². The van der Waals surface area contributed by atoms with Crippen molar-refractivity contribution in [2.75, 3.05) is 14.2 Å². The molecule has 18 heavy (non-hydrogen) atoms. The summed E-state index contributed by atoms with van der Waals surface area (Å²) in [6.07, 6.45) is -0.425. The van der Waals surface area contributed by atoms with Crippen LogP contribution in [0.1, 0.15) is 12.0 Å². The van der Waals surface area contributed by atoms with Crippen LogP contribution in [-0.2, 0) is 9.47 Å². The van der Waals surface area contributed by atoms with Crippen LogP contribution >= 0.6 is 38.9 Å². The molecule has 96 valence electrons. The van der Waals surface area contributed by atoms with Gasteiger partial charge in [0.05, 0.1) is 5.02 Å². The van der Waals surface area contributed by atoms with Crippen LogP contribution in [0.2, 0.25) is 5.02 Å². The average molecular weight is 349 g/mol. The normalized spacial score (nSPS) is 11.2. The van der Waals surface area contributed by atoms with E-state index in [4.69, 9.17) is 21.1 Å². The van der Waals surface area contributed by atoms with Crippen molar-refractivity contribution in [1.29, 1.82) is 0 Å². The minimum atomic E-state index is -0.425. The highest BCUT2D eigenvalue weighted by molar-refractivity contribution is 9.10. The van der Waals surface area contributed by atoms with Crippen LogP contribution in [0, 0.1) is 0 Å². The number of thiazole rings is 1. The van der Waals surface area contributed by atoms with E-state index in [1.165, 1.54) is 0 Å². The first-order valence-electron chi connectivity index (χ1n) is 5.12.